The van der Waals surface area contributed by atoms with Gasteiger partial charge in [0.25, 0.3) is 0 Å². The minimum atomic E-state index is -0.427. The van der Waals surface area contributed by atoms with E-state index < -0.39 is 6.03 Å². The lowest BCUT2D eigenvalue weighted by atomic mass is 10.2. The second-order valence-corrected chi connectivity index (χ2v) is 6.34. The van der Waals surface area contributed by atoms with Gasteiger partial charge in [0.15, 0.2) is 0 Å². The van der Waals surface area contributed by atoms with Crippen molar-refractivity contribution < 1.29 is 9.59 Å². The monoisotopic (exact) mass is 378 g/mol. The first-order chi connectivity index (χ1) is 11.8. The van der Waals surface area contributed by atoms with Gasteiger partial charge in [0, 0.05) is 32.4 Å². The minimum absolute atomic E-state index is 0.161. The van der Waals surface area contributed by atoms with E-state index in [1.54, 1.807) is 36.4 Å². The molecule has 2 N–H and O–H groups in total. The maximum Gasteiger partial charge on any atom is 0.336 e. The average Bonchev–Trinajstić information content (AvgIpc) is 2.54. The van der Waals surface area contributed by atoms with Crippen LogP contribution in [0.3, 0.4) is 0 Å². The molecule has 0 atom stereocenters. The van der Waals surface area contributed by atoms with Gasteiger partial charge < -0.3 is 15.5 Å². The number of nitrogens with zero attached hydrogens (tertiary/aromatic N) is 2. The summed E-state index contributed by atoms with van der Waals surface area (Å²) in [5.41, 5.74) is 2.63. The van der Waals surface area contributed by atoms with Crippen LogP contribution in [0.4, 0.5) is 27.5 Å². The van der Waals surface area contributed by atoms with E-state index in [1.165, 1.54) is 11.2 Å². The first-order valence-electron chi connectivity index (χ1n) is 7.42. The Hall–Kier alpha value is -2.38. The number of benzene rings is 2. The van der Waals surface area contributed by atoms with Gasteiger partial charge in [0.1, 0.15) is 0 Å². The van der Waals surface area contributed by atoms with Gasteiger partial charge >= 0.3 is 6.03 Å². The Morgan fingerprint density at radius 1 is 1.00 bits per heavy atom. The van der Waals surface area contributed by atoms with Gasteiger partial charge in [0.05, 0.1) is 16.4 Å². The molecule has 2 aromatic carbocycles. The van der Waals surface area contributed by atoms with Gasteiger partial charge in [-0.1, -0.05) is 24.4 Å². The van der Waals surface area contributed by atoms with E-state index in [1.807, 2.05) is 25.1 Å². The SMILES string of the molecule is CC(=O)Nc1ccc(N(S)C(=O)Nc2ccc(N(C)C)c(Cl)c2)cc1. The van der Waals surface area contributed by atoms with E-state index in [2.05, 4.69) is 23.4 Å². The van der Waals surface area contributed by atoms with Crippen LogP contribution >= 0.6 is 24.4 Å². The molecule has 2 rings (SSSR count). The average molecular weight is 379 g/mol. The third-order valence-electron chi connectivity index (χ3n) is 3.31. The fourth-order valence-corrected chi connectivity index (χ4v) is 2.66. The van der Waals surface area contributed by atoms with Gasteiger partial charge in [-0.05, 0) is 42.5 Å². The Morgan fingerprint density at radius 2 is 1.60 bits per heavy atom. The van der Waals surface area contributed by atoms with Crippen molar-refractivity contribution in [1.82, 2.24) is 0 Å². The summed E-state index contributed by atoms with van der Waals surface area (Å²) < 4.78 is 1.17. The van der Waals surface area contributed by atoms with Gasteiger partial charge in [0.2, 0.25) is 5.91 Å². The number of carbonyl (C=O) groups is 2. The van der Waals surface area contributed by atoms with Gasteiger partial charge in [-0.3, -0.25) is 4.79 Å². The van der Waals surface area contributed by atoms with E-state index in [9.17, 15) is 9.59 Å². The van der Waals surface area contributed by atoms with Crippen LogP contribution in [0.15, 0.2) is 42.5 Å². The first kappa shape index (κ1) is 19.0. The molecule has 0 aromatic heterocycles. The number of hydrogen-bond donors (Lipinski definition) is 3. The van der Waals surface area contributed by atoms with E-state index in [0.717, 1.165) is 5.69 Å². The number of carbonyl (C=O) groups excluding carboxylic acids is 2. The van der Waals surface area contributed by atoms with Crippen molar-refractivity contribution >= 4 is 59.1 Å². The summed E-state index contributed by atoms with van der Waals surface area (Å²) in [4.78, 5) is 25.2. The van der Waals surface area contributed by atoms with Crippen LogP contribution in [-0.2, 0) is 4.79 Å². The molecular formula is C17H19ClN4O2S. The Balaban J connectivity index is 2.07. The van der Waals surface area contributed by atoms with Crippen molar-refractivity contribution in [1.29, 1.82) is 0 Å². The van der Waals surface area contributed by atoms with E-state index in [-0.39, 0.29) is 5.91 Å². The Labute approximate surface area is 157 Å². The van der Waals surface area contributed by atoms with Crippen LogP contribution in [0.5, 0.6) is 0 Å². The van der Waals surface area contributed by atoms with Crippen molar-refractivity contribution in [3.05, 3.63) is 47.5 Å². The summed E-state index contributed by atoms with van der Waals surface area (Å²) in [6.45, 7) is 1.43. The molecule has 0 saturated heterocycles. The fraction of sp³-hybridized carbons (Fsp3) is 0.176. The van der Waals surface area contributed by atoms with Gasteiger partial charge in [-0.2, -0.15) is 0 Å². The minimum Gasteiger partial charge on any atom is -0.376 e. The molecule has 0 fully saturated rings. The lowest BCUT2D eigenvalue weighted by molar-refractivity contribution is -0.114. The van der Waals surface area contributed by atoms with Gasteiger partial charge in [-0.15, -0.1) is 0 Å². The Morgan fingerprint density at radius 3 is 2.12 bits per heavy atom. The number of nitrogens with one attached hydrogen (secondary N) is 2. The normalized spacial score (nSPS) is 10.1. The van der Waals surface area contributed by atoms with Crippen molar-refractivity contribution in [2.24, 2.45) is 0 Å². The highest BCUT2D eigenvalue weighted by atomic mass is 35.5. The molecule has 0 unspecified atom stereocenters. The lowest BCUT2D eigenvalue weighted by Gasteiger charge is -2.18. The number of anilines is 4. The standard InChI is InChI=1S/C17H19ClN4O2S/c1-11(23)19-12-4-7-14(8-5-12)22(25)17(24)20-13-6-9-16(21(2)3)15(18)10-13/h4-10,25H,1-3H3,(H,19,23)(H,20,24). The zero-order valence-electron chi connectivity index (χ0n) is 14.1. The highest BCUT2D eigenvalue weighted by molar-refractivity contribution is 7.82. The zero-order chi connectivity index (χ0) is 18.6. The first-order valence-corrected chi connectivity index (χ1v) is 8.20. The summed E-state index contributed by atoms with van der Waals surface area (Å²) in [6.07, 6.45) is 0. The second kappa shape index (κ2) is 8.13. The van der Waals surface area contributed by atoms with Crippen molar-refractivity contribution in [2.45, 2.75) is 6.92 Å². The summed E-state index contributed by atoms with van der Waals surface area (Å²) in [7, 11) is 3.78. The molecule has 2 aromatic rings. The third kappa shape index (κ3) is 5.04. The van der Waals surface area contributed by atoms with Crippen molar-refractivity contribution in [2.75, 3.05) is 33.9 Å². The number of hydrogen-bond acceptors (Lipinski definition) is 4. The molecule has 0 aliphatic rings. The fourth-order valence-electron chi connectivity index (χ4n) is 2.13. The molecular weight excluding hydrogens is 360 g/mol. The molecule has 0 bridgehead atoms. The van der Waals surface area contributed by atoms with Crippen LogP contribution in [0.1, 0.15) is 6.92 Å². The lowest BCUT2D eigenvalue weighted by Crippen LogP contribution is -2.26. The maximum atomic E-state index is 12.3. The topological polar surface area (TPSA) is 64.7 Å². The zero-order valence-corrected chi connectivity index (χ0v) is 15.7. The molecule has 0 radical (unpaired) electrons. The van der Waals surface area contributed by atoms with E-state index >= 15 is 0 Å². The number of rotatable bonds is 4. The number of urea groups is 1. The van der Waals surface area contributed by atoms with E-state index in [0.29, 0.717) is 22.1 Å². The summed E-state index contributed by atoms with van der Waals surface area (Å²) in [5, 5.41) is 5.93. The highest BCUT2D eigenvalue weighted by Crippen LogP contribution is 2.28. The van der Waals surface area contributed by atoms with Crippen LogP contribution < -0.4 is 19.8 Å². The summed E-state index contributed by atoms with van der Waals surface area (Å²) in [5.74, 6) is -0.161. The van der Waals surface area contributed by atoms with Crippen LogP contribution in [-0.4, -0.2) is 26.0 Å². The molecule has 0 heterocycles. The molecule has 132 valence electrons. The van der Waals surface area contributed by atoms with Crippen LogP contribution in [0.25, 0.3) is 0 Å². The number of halogens is 1. The molecule has 0 spiro atoms. The van der Waals surface area contributed by atoms with Crippen molar-refractivity contribution in [3.63, 3.8) is 0 Å². The Bertz CT molecular complexity index is 781. The third-order valence-corrected chi connectivity index (χ3v) is 4.02. The van der Waals surface area contributed by atoms with Crippen molar-refractivity contribution in [3.8, 4) is 0 Å². The largest absolute Gasteiger partial charge is 0.376 e. The summed E-state index contributed by atoms with van der Waals surface area (Å²) in [6, 6.07) is 11.6. The molecule has 0 saturated carbocycles. The quantitative estimate of drug-likeness (QED) is 0.697. The van der Waals surface area contributed by atoms with Crippen LogP contribution in [0.2, 0.25) is 5.02 Å². The predicted molar refractivity (Wildman–Crippen MR) is 107 cm³/mol. The number of thiol groups is 1. The molecule has 6 nitrogen and oxygen atoms in total. The van der Waals surface area contributed by atoms with E-state index in [4.69, 9.17) is 11.6 Å². The maximum absolute atomic E-state index is 12.3. The van der Waals surface area contributed by atoms with Gasteiger partial charge in [-0.25, -0.2) is 9.10 Å². The Kier molecular flexibility index (Phi) is 6.17. The highest BCUT2D eigenvalue weighted by Gasteiger charge is 2.13. The second-order valence-electron chi connectivity index (χ2n) is 5.53. The molecule has 8 heteroatoms. The smallest absolute Gasteiger partial charge is 0.336 e. The molecule has 25 heavy (non-hydrogen) atoms. The predicted octanol–water partition coefficient (Wildman–Crippen LogP) is 4.25. The molecule has 3 amide bonds. The molecule has 0 aliphatic heterocycles. The molecule has 0 aliphatic carbocycles. The summed E-state index contributed by atoms with van der Waals surface area (Å²) >= 11 is 10.4. The number of amides is 3. The van der Waals surface area contributed by atoms with Crippen LogP contribution in [0, 0.1) is 0 Å².